The van der Waals surface area contributed by atoms with Crippen LogP contribution in [0.1, 0.15) is 22.7 Å². The molecule has 1 aliphatic rings. The van der Waals surface area contributed by atoms with Crippen LogP contribution in [0.4, 0.5) is 8.78 Å². The van der Waals surface area contributed by atoms with Crippen molar-refractivity contribution in [2.75, 3.05) is 13.1 Å². The average molecular weight is 288 g/mol. The van der Waals surface area contributed by atoms with Crippen LogP contribution in [-0.4, -0.2) is 18.0 Å². The van der Waals surface area contributed by atoms with Crippen molar-refractivity contribution >= 4 is 0 Å². The topological polar surface area (TPSA) is 29.3 Å². The number of benzene rings is 2. The van der Waals surface area contributed by atoms with Gasteiger partial charge in [-0.1, -0.05) is 24.3 Å². The summed E-state index contributed by atoms with van der Waals surface area (Å²) < 4.78 is 27.1. The van der Waals surface area contributed by atoms with Crippen LogP contribution in [0.5, 0.6) is 0 Å². The molecule has 2 aromatic rings. The van der Waals surface area contributed by atoms with Gasteiger partial charge in [0.25, 0.3) is 0 Å². The summed E-state index contributed by atoms with van der Waals surface area (Å²) in [5.74, 6) is -0.779. The van der Waals surface area contributed by atoms with Crippen LogP contribution in [0.3, 0.4) is 0 Å². The lowest BCUT2D eigenvalue weighted by Gasteiger charge is -2.36. The summed E-state index contributed by atoms with van der Waals surface area (Å²) in [6, 6.07) is 11.8. The summed E-state index contributed by atoms with van der Waals surface area (Å²) >= 11 is 0. The molecule has 4 heteroatoms. The van der Waals surface area contributed by atoms with Crippen molar-refractivity contribution in [1.29, 1.82) is 0 Å². The predicted molar refractivity (Wildman–Crippen MR) is 78.7 cm³/mol. The molecule has 110 valence electrons. The van der Waals surface area contributed by atoms with Gasteiger partial charge >= 0.3 is 0 Å². The van der Waals surface area contributed by atoms with Crippen molar-refractivity contribution < 1.29 is 8.78 Å². The van der Waals surface area contributed by atoms with Crippen LogP contribution in [0.2, 0.25) is 0 Å². The van der Waals surface area contributed by atoms with Crippen LogP contribution in [0.15, 0.2) is 42.5 Å². The molecule has 0 aromatic heterocycles. The molecule has 2 nitrogen and oxygen atoms in total. The van der Waals surface area contributed by atoms with Gasteiger partial charge in [0.15, 0.2) is 0 Å². The number of nitrogens with zero attached hydrogens (tertiary/aromatic N) is 1. The quantitative estimate of drug-likeness (QED) is 0.940. The molecule has 0 saturated heterocycles. The van der Waals surface area contributed by atoms with Crippen molar-refractivity contribution in [2.45, 2.75) is 19.0 Å². The van der Waals surface area contributed by atoms with E-state index in [9.17, 15) is 8.78 Å². The third-order valence-electron chi connectivity index (χ3n) is 4.13. The van der Waals surface area contributed by atoms with Crippen LogP contribution >= 0.6 is 0 Å². The van der Waals surface area contributed by atoms with E-state index in [0.29, 0.717) is 18.7 Å². The molecule has 2 aromatic carbocycles. The Morgan fingerprint density at radius 1 is 1.14 bits per heavy atom. The highest BCUT2D eigenvalue weighted by molar-refractivity contribution is 5.33. The molecular formula is C17H18F2N2. The first kappa shape index (κ1) is 14.2. The van der Waals surface area contributed by atoms with E-state index in [2.05, 4.69) is 17.0 Å². The van der Waals surface area contributed by atoms with Crippen LogP contribution in [0.25, 0.3) is 0 Å². The van der Waals surface area contributed by atoms with E-state index in [-0.39, 0.29) is 11.9 Å². The number of hydrogen-bond acceptors (Lipinski definition) is 2. The first-order valence-corrected chi connectivity index (χ1v) is 7.15. The Balaban J connectivity index is 1.88. The maximum Gasteiger partial charge on any atom is 0.127 e. The van der Waals surface area contributed by atoms with Gasteiger partial charge in [-0.3, -0.25) is 4.90 Å². The summed E-state index contributed by atoms with van der Waals surface area (Å²) in [6.45, 7) is 1.64. The Morgan fingerprint density at radius 3 is 2.76 bits per heavy atom. The normalized spacial score (nSPS) is 18.5. The maximum absolute atomic E-state index is 13.8. The summed E-state index contributed by atoms with van der Waals surface area (Å²) in [5, 5.41) is 0. The van der Waals surface area contributed by atoms with Crippen molar-refractivity contribution in [3.8, 4) is 0 Å². The molecule has 1 unspecified atom stereocenters. The van der Waals surface area contributed by atoms with Gasteiger partial charge in [0, 0.05) is 31.2 Å². The summed E-state index contributed by atoms with van der Waals surface area (Å²) in [5.41, 5.74) is 8.80. The fraction of sp³-hybridized carbons (Fsp3) is 0.294. The van der Waals surface area contributed by atoms with Gasteiger partial charge in [0.05, 0.1) is 0 Å². The second kappa shape index (κ2) is 5.92. The zero-order valence-electron chi connectivity index (χ0n) is 11.7. The molecule has 3 rings (SSSR count). The van der Waals surface area contributed by atoms with Crippen molar-refractivity contribution in [3.63, 3.8) is 0 Å². The molecule has 1 atom stereocenters. The highest BCUT2D eigenvalue weighted by atomic mass is 19.1. The number of halogens is 2. The number of fused-ring (bicyclic) bond motifs is 1. The van der Waals surface area contributed by atoms with Gasteiger partial charge in [0.1, 0.15) is 11.6 Å². The van der Waals surface area contributed by atoms with Gasteiger partial charge in [-0.25, -0.2) is 8.78 Å². The highest BCUT2D eigenvalue weighted by Crippen LogP contribution is 2.30. The maximum atomic E-state index is 13.8. The predicted octanol–water partition coefficient (Wildman–Crippen LogP) is 3.02. The second-order valence-electron chi connectivity index (χ2n) is 5.41. The second-order valence-corrected chi connectivity index (χ2v) is 5.41. The molecule has 21 heavy (non-hydrogen) atoms. The van der Waals surface area contributed by atoms with E-state index in [0.717, 1.165) is 19.0 Å². The molecule has 1 heterocycles. The minimum Gasteiger partial charge on any atom is -0.329 e. The van der Waals surface area contributed by atoms with E-state index in [1.807, 2.05) is 12.1 Å². The molecule has 0 radical (unpaired) electrons. The molecule has 0 aliphatic carbocycles. The largest absolute Gasteiger partial charge is 0.329 e. The van der Waals surface area contributed by atoms with E-state index in [1.165, 1.54) is 23.3 Å². The third-order valence-corrected chi connectivity index (χ3v) is 4.13. The molecule has 0 spiro atoms. The summed E-state index contributed by atoms with van der Waals surface area (Å²) in [7, 11) is 0. The number of hydrogen-bond donors (Lipinski definition) is 1. The monoisotopic (exact) mass is 288 g/mol. The first-order valence-electron chi connectivity index (χ1n) is 7.15. The Kier molecular flexibility index (Phi) is 3.99. The van der Waals surface area contributed by atoms with Crippen LogP contribution in [0, 0.1) is 11.6 Å². The van der Waals surface area contributed by atoms with Crippen LogP contribution in [-0.2, 0) is 13.0 Å². The Morgan fingerprint density at radius 2 is 1.95 bits per heavy atom. The van der Waals surface area contributed by atoms with E-state index in [1.54, 1.807) is 0 Å². The molecule has 0 amide bonds. The number of nitrogens with two attached hydrogens (primary N) is 1. The fourth-order valence-electron chi connectivity index (χ4n) is 3.05. The van der Waals surface area contributed by atoms with E-state index < -0.39 is 5.82 Å². The van der Waals surface area contributed by atoms with Gasteiger partial charge < -0.3 is 5.73 Å². The zero-order chi connectivity index (χ0) is 14.8. The molecule has 0 saturated carbocycles. The molecule has 2 N–H and O–H groups in total. The van der Waals surface area contributed by atoms with Gasteiger partial charge in [-0.05, 0) is 35.7 Å². The highest BCUT2D eigenvalue weighted by Gasteiger charge is 2.26. The minimum atomic E-state index is -0.409. The SMILES string of the molecule is NCC1c2ccccc2CCN1Cc1cc(F)ccc1F. The molecule has 1 aliphatic heterocycles. The number of rotatable bonds is 3. The minimum absolute atomic E-state index is 0.0533. The lowest BCUT2D eigenvalue weighted by atomic mass is 9.92. The van der Waals surface area contributed by atoms with E-state index in [4.69, 9.17) is 5.73 Å². The van der Waals surface area contributed by atoms with E-state index >= 15 is 0 Å². The summed E-state index contributed by atoms with van der Waals surface area (Å²) in [6.07, 6.45) is 0.906. The Hall–Kier alpha value is -1.78. The smallest absolute Gasteiger partial charge is 0.127 e. The molecule has 0 fully saturated rings. The Bertz CT molecular complexity index is 642. The standard InChI is InChI=1S/C17H18F2N2/c18-14-5-6-16(19)13(9-14)11-21-8-7-12-3-1-2-4-15(12)17(21)10-20/h1-6,9,17H,7-8,10-11,20H2. The zero-order valence-corrected chi connectivity index (χ0v) is 11.7. The van der Waals surface area contributed by atoms with Crippen molar-refractivity contribution in [2.24, 2.45) is 5.73 Å². The fourth-order valence-corrected chi connectivity index (χ4v) is 3.05. The third kappa shape index (κ3) is 2.82. The molecular weight excluding hydrogens is 270 g/mol. The first-order chi connectivity index (χ1) is 10.2. The van der Waals surface area contributed by atoms with Gasteiger partial charge in [-0.2, -0.15) is 0 Å². The lowest BCUT2D eigenvalue weighted by molar-refractivity contribution is 0.178. The summed E-state index contributed by atoms with van der Waals surface area (Å²) in [4.78, 5) is 2.13. The lowest BCUT2D eigenvalue weighted by Crippen LogP contribution is -2.39. The van der Waals surface area contributed by atoms with Gasteiger partial charge in [0.2, 0.25) is 0 Å². The van der Waals surface area contributed by atoms with Crippen molar-refractivity contribution in [3.05, 3.63) is 70.8 Å². The Labute approximate surface area is 123 Å². The van der Waals surface area contributed by atoms with Gasteiger partial charge in [-0.15, -0.1) is 0 Å². The van der Waals surface area contributed by atoms with Crippen molar-refractivity contribution in [1.82, 2.24) is 4.90 Å². The average Bonchev–Trinajstić information content (AvgIpc) is 2.50. The molecule has 0 bridgehead atoms. The van der Waals surface area contributed by atoms with Crippen LogP contribution < -0.4 is 5.73 Å².